The Morgan fingerprint density at radius 1 is 1.36 bits per heavy atom. The van der Waals surface area contributed by atoms with E-state index < -0.39 is 0 Å². The van der Waals surface area contributed by atoms with Gasteiger partial charge in [0.1, 0.15) is 5.75 Å². The number of carbonyl (C=O) groups is 1. The lowest BCUT2D eigenvalue weighted by Crippen LogP contribution is -2.12. The van der Waals surface area contributed by atoms with Crippen LogP contribution >= 0.6 is 23.7 Å². The summed E-state index contributed by atoms with van der Waals surface area (Å²) in [6.07, 6.45) is 4.53. The topological polar surface area (TPSA) is 51.2 Å². The van der Waals surface area contributed by atoms with Crippen LogP contribution in [0.25, 0.3) is 0 Å². The van der Waals surface area contributed by atoms with E-state index >= 15 is 0 Å². The minimum atomic E-state index is -0.136. The largest absolute Gasteiger partial charge is 0.494 e. The smallest absolute Gasteiger partial charge is 0.257 e. The summed E-state index contributed by atoms with van der Waals surface area (Å²) < 4.78 is 5.42. The number of aryl methyl sites for hydroxylation is 2. The molecule has 0 fully saturated rings. The van der Waals surface area contributed by atoms with Crippen molar-refractivity contribution in [3.63, 3.8) is 0 Å². The number of fused-ring (bicyclic) bond motifs is 1. The monoisotopic (exact) mass is 338 g/mol. The van der Waals surface area contributed by atoms with E-state index in [4.69, 9.17) is 4.74 Å². The average molecular weight is 339 g/mol. The van der Waals surface area contributed by atoms with Gasteiger partial charge in [-0.25, -0.2) is 4.98 Å². The zero-order valence-electron chi connectivity index (χ0n) is 12.4. The number of nitrogens with one attached hydrogen (secondary N) is 1. The minimum absolute atomic E-state index is 0. The van der Waals surface area contributed by atoms with Crippen molar-refractivity contribution < 1.29 is 9.53 Å². The van der Waals surface area contributed by atoms with E-state index in [-0.39, 0.29) is 18.3 Å². The standard InChI is InChI=1S/C16H18N2O2S.ClH/c1-2-20-12-7-5-6-11(10-12)15(19)18-16-17-13-8-3-4-9-14(13)21-16;/h5-7,10H,2-4,8-9H2,1H3,(H,17,18,19);1H. The molecule has 0 saturated heterocycles. The van der Waals surface area contributed by atoms with Crippen LogP contribution in [0.2, 0.25) is 0 Å². The fourth-order valence-corrected chi connectivity index (χ4v) is 3.51. The third-order valence-corrected chi connectivity index (χ3v) is 4.55. The maximum Gasteiger partial charge on any atom is 0.257 e. The second-order valence-corrected chi connectivity index (χ2v) is 6.09. The summed E-state index contributed by atoms with van der Waals surface area (Å²) in [6.45, 7) is 2.51. The number of aromatic nitrogens is 1. The second-order valence-electron chi connectivity index (χ2n) is 5.01. The highest BCUT2D eigenvalue weighted by Gasteiger charge is 2.17. The van der Waals surface area contributed by atoms with Crippen molar-refractivity contribution >= 4 is 34.8 Å². The number of rotatable bonds is 4. The lowest BCUT2D eigenvalue weighted by molar-refractivity contribution is 0.102. The van der Waals surface area contributed by atoms with Gasteiger partial charge in [-0.3, -0.25) is 10.1 Å². The molecule has 1 aliphatic rings. The van der Waals surface area contributed by atoms with Gasteiger partial charge in [0.15, 0.2) is 5.13 Å². The van der Waals surface area contributed by atoms with Gasteiger partial charge >= 0.3 is 0 Å². The number of hydrogen-bond acceptors (Lipinski definition) is 4. The Hall–Kier alpha value is -1.59. The molecule has 0 unspecified atom stereocenters. The third kappa shape index (κ3) is 3.78. The summed E-state index contributed by atoms with van der Waals surface area (Å²) in [5, 5.41) is 3.60. The number of amides is 1. The number of benzene rings is 1. The number of carbonyl (C=O) groups excluding carboxylic acids is 1. The van der Waals surface area contributed by atoms with Gasteiger partial charge in [-0.05, 0) is 50.8 Å². The molecule has 2 aromatic rings. The van der Waals surface area contributed by atoms with Gasteiger partial charge in [0.2, 0.25) is 0 Å². The van der Waals surface area contributed by atoms with E-state index in [0.717, 1.165) is 18.5 Å². The van der Waals surface area contributed by atoms with Crippen LogP contribution in [-0.4, -0.2) is 17.5 Å². The van der Waals surface area contributed by atoms with Crippen LogP contribution in [-0.2, 0) is 12.8 Å². The van der Waals surface area contributed by atoms with Crippen molar-refractivity contribution in [2.45, 2.75) is 32.6 Å². The number of hydrogen-bond donors (Lipinski definition) is 1. The Morgan fingerprint density at radius 3 is 2.95 bits per heavy atom. The number of ether oxygens (including phenoxy) is 1. The van der Waals surface area contributed by atoms with E-state index in [0.29, 0.717) is 23.1 Å². The van der Waals surface area contributed by atoms with Crippen molar-refractivity contribution in [2.24, 2.45) is 0 Å². The predicted octanol–water partition coefficient (Wildman–Crippen LogP) is 4.09. The molecule has 0 bridgehead atoms. The minimum Gasteiger partial charge on any atom is -0.494 e. The highest BCUT2D eigenvalue weighted by Crippen LogP contribution is 2.29. The van der Waals surface area contributed by atoms with Gasteiger partial charge in [-0.2, -0.15) is 0 Å². The Kier molecular flexibility index (Phi) is 5.80. The van der Waals surface area contributed by atoms with Gasteiger partial charge in [-0.1, -0.05) is 6.07 Å². The first-order valence-electron chi connectivity index (χ1n) is 7.29. The SMILES string of the molecule is CCOc1cccc(C(=O)Nc2nc3c(s2)CCCC3)c1.Cl. The quantitative estimate of drug-likeness (QED) is 0.913. The first-order chi connectivity index (χ1) is 10.3. The number of thiazole rings is 1. The Labute approximate surface area is 140 Å². The second kappa shape index (κ2) is 7.61. The maximum absolute atomic E-state index is 12.3. The summed E-state index contributed by atoms with van der Waals surface area (Å²) in [5.41, 5.74) is 1.75. The lowest BCUT2D eigenvalue weighted by Gasteiger charge is -2.06. The zero-order chi connectivity index (χ0) is 14.7. The van der Waals surface area contributed by atoms with Crippen molar-refractivity contribution in [3.05, 3.63) is 40.4 Å². The molecule has 1 aromatic carbocycles. The number of anilines is 1. The Morgan fingerprint density at radius 2 is 2.18 bits per heavy atom. The summed E-state index contributed by atoms with van der Waals surface area (Å²) in [7, 11) is 0. The normalized spacial score (nSPS) is 13.0. The molecule has 6 heteroatoms. The van der Waals surface area contributed by atoms with Crippen LogP contribution in [0, 0.1) is 0 Å². The van der Waals surface area contributed by atoms with Gasteiger partial charge in [0, 0.05) is 10.4 Å². The van der Waals surface area contributed by atoms with E-state index in [1.807, 2.05) is 19.1 Å². The lowest BCUT2D eigenvalue weighted by atomic mass is 10.0. The highest BCUT2D eigenvalue weighted by atomic mass is 35.5. The molecule has 1 aromatic heterocycles. The van der Waals surface area contributed by atoms with Crippen LogP contribution in [0.15, 0.2) is 24.3 Å². The Bertz CT molecular complexity index is 634. The van der Waals surface area contributed by atoms with E-state index in [2.05, 4.69) is 10.3 Å². The molecule has 1 heterocycles. The van der Waals surface area contributed by atoms with Crippen LogP contribution < -0.4 is 10.1 Å². The fourth-order valence-electron chi connectivity index (χ4n) is 2.47. The molecule has 1 N–H and O–H groups in total. The van der Waals surface area contributed by atoms with Crippen LogP contribution in [0.5, 0.6) is 5.75 Å². The molecule has 1 amide bonds. The predicted molar refractivity (Wildman–Crippen MR) is 91.6 cm³/mol. The molecule has 0 aliphatic heterocycles. The van der Waals surface area contributed by atoms with Gasteiger partial charge in [0.05, 0.1) is 12.3 Å². The molecular formula is C16H19ClN2O2S. The summed E-state index contributed by atoms with van der Waals surface area (Å²) in [6, 6.07) is 7.22. The summed E-state index contributed by atoms with van der Waals surface area (Å²) in [4.78, 5) is 18.1. The fraction of sp³-hybridized carbons (Fsp3) is 0.375. The van der Waals surface area contributed by atoms with Crippen LogP contribution in [0.3, 0.4) is 0 Å². The van der Waals surface area contributed by atoms with E-state index in [1.54, 1.807) is 23.5 Å². The molecular weight excluding hydrogens is 320 g/mol. The van der Waals surface area contributed by atoms with Crippen molar-refractivity contribution in [1.82, 2.24) is 4.98 Å². The first-order valence-corrected chi connectivity index (χ1v) is 8.10. The molecule has 0 atom stereocenters. The first kappa shape index (κ1) is 16.8. The average Bonchev–Trinajstić information content (AvgIpc) is 2.90. The number of halogens is 1. The molecule has 3 rings (SSSR count). The maximum atomic E-state index is 12.3. The molecule has 0 spiro atoms. The summed E-state index contributed by atoms with van der Waals surface area (Å²) in [5.74, 6) is 0.575. The van der Waals surface area contributed by atoms with E-state index in [1.165, 1.54) is 17.7 Å². The van der Waals surface area contributed by atoms with Gasteiger partial charge in [-0.15, -0.1) is 23.7 Å². The molecule has 4 nitrogen and oxygen atoms in total. The summed E-state index contributed by atoms with van der Waals surface area (Å²) >= 11 is 1.60. The van der Waals surface area contributed by atoms with Crippen LogP contribution in [0.1, 0.15) is 40.7 Å². The third-order valence-electron chi connectivity index (χ3n) is 3.47. The van der Waals surface area contributed by atoms with Gasteiger partial charge < -0.3 is 4.74 Å². The van der Waals surface area contributed by atoms with Gasteiger partial charge in [0.25, 0.3) is 5.91 Å². The van der Waals surface area contributed by atoms with Crippen LogP contribution in [0.4, 0.5) is 5.13 Å². The highest BCUT2D eigenvalue weighted by molar-refractivity contribution is 7.15. The molecule has 0 saturated carbocycles. The van der Waals surface area contributed by atoms with Crippen molar-refractivity contribution in [1.29, 1.82) is 0 Å². The Balaban J connectivity index is 0.00000176. The van der Waals surface area contributed by atoms with Crippen molar-refractivity contribution in [3.8, 4) is 5.75 Å². The number of nitrogens with zero attached hydrogens (tertiary/aromatic N) is 1. The molecule has 0 radical (unpaired) electrons. The molecule has 118 valence electrons. The van der Waals surface area contributed by atoms with Crippen molar-refractivity contribution in [2.75, 3.05) is 11.9 Å². The zero-order valence-corrected chi connectivity index (χ0v) is 14.1. The molecule has 1 aliphatic carbocycles. The molecule has 22 heavy (non-hydrogen) atoms. The van der Waals surface area contributed by atoms with E-state index in [9.17, 15) is 4.79 Å².